The summed E-state index contributed by atoms with van der Waals surface area (Å²) in [4.78, 5) is 16.6. The Balaban J connectivity index is 1.17. The predicted molar refractivity (Wildman–Crippen MR) is 109 cm³/mol. The van der Waals surface area contributed by atoms with Crippen molar-refractivity contribution in [3.8, 4) is 5.69 Å². The van der Waals surface area contributed by atoms with Gasteiger partial charge in [0.2, 0.25) is 0 Å². The van der Waals surface area contributed by atoms with Crippen LogP contribution in [0.3, 0.4) is 0 Å². The SMILES string of the molecule is Cc1cc(CN2CCN(C(=O)NCCc3ccc(-n4cccn4)cc3)CC2)on1. The molecule has 0 aliphatic carbocycles. The zero-order chi connectivity index (χ0) is 20.1. The van der Waals surface area contributed by atoms with Gasteiger partial charge in [0.25, 0.3) is 0 Å². The van der Waals surface area contributed by atoms with Crippen LogP contribution in [0.5, 0.6) is 0 Å². The van der Waals surface area contributed by atoms with Gasteiger partial charge in [-0.15, -0.1) is 0 Å². The first-order valence-electron chi connectivity index (χ1n) is 9.94. The molecule has 0 bridgehead atoms. The minimum absolute atomic E-state index is 0.00770. The van der Waals surface area contributed by atoms with E-state index >= 15 is 0 Å². The fourth-order valence-electron chi connectivity index (χ4n) is 3.48. The topological polar surface area (TPSA) is 79.4 Å². The molecule has 1 saturated heterocycles. The number of amides is 2. The van der Waals surface area contributed by atoms with E-state index in [-0.39, 0.29) is 6.03 Å². The molecule has 3 aromatic rings. The van der Waals surface area contributed by atoms with E-state index in [2.05, 4.69) is 32.6 Å². The van der Waals surface area contributed by atoms with Crippen molar-refractivity contribution in [2.75, 3.05) is 32.7 Å². The van der Waals surface area contributed by atoms with Crippen LogP contribution in [0.4, 0.5) is 4.79 Å². The van der Waals surface area contributed by atoms with Gasteiger partial charge in [-0.1, -0.05) is 17.3 Å². The molecular formula is C21H26N6O2. The van der Waals surface area contributed by atoms with Crippen molar-refractivity contribution in [1.82, 2.24) is 30.1 Å². The second-order valence-electron chi connectivity index (χ2n) is 7.30. The van der Waals surface area contributed by atoms with Gasteiger partial charge in [0, 0.05) is 51.2 Å². The number of nitrogens with zero attached hydrogens (tertiary/aromatic N) is 5. The first kappa shape index (κ1) is 19.2. The molecule has 8 heteroatoms. The zero-order valence-electron chi connectivity index (χ0n) is 16.6. The second-order valence-corrected chi connectivity index (χ2v) is 7.30. The van der Waals surface area contributed by atoms with Gasteiger partial charge in [-0.3, -0.25) is 4.90 Å². The summed E-state index contributed by atoms with van der Waals surface area (Å²) in [5.41, 5.74) is 3.11. The summed E-state index contributed by atoms with van der Waals surface area (Å²) in [6, 6.07) is 12.1. The number of nitrogens with one attached hydrogen (secondary N) is 1. The molecular weight excluding hydrogens is 368 g/mol. The molecule has 0 unspecified atom stereocenters. The summed E-state index contributed by atoms with van der Waals surface area (Å²) >= 11 is 0. The van der Waals surface area contributed by atoms with Crippen LogP contribution in [0.2, 0.25) is 0 Å². The third-order valence-corrected chi connectivity index (χ3v) is 5.11. The van der Waals surface area contributed by atoms with Crippen molar-refractivity contribution in [3.63, 3.8) is 0 Å². The molecule has 0 radical (unpaired) electrons. The Morgan fingerprint density at radius 1 is 1.17 bits per heavy atom. The van der Waals surface area contributed by atoms with E-state index in [0.29, 0.717) is 6.54 Å². The maximum Gasteiger partial charge on any atom is 0.317 e. The fourth-order valence-corrected chi connectivity index (χ4v) is 3.48. The molecule has 1 aliphatic rings. The lowest BCUT2D eigenvalue weighted by Crippen LogP contribution is -2.51. The van der Waals surface area contributed by atoms with Gasteiger partial charge < -0.3 is 14.7 Å². The van der Waals surface area contributed by atoms with E-state index in [0.717, 1.165) is 56.3 Å². The lowest BCUT2D eigenvalue weighted by Gasteiger charge is -2.34. The Morgan fingerprint density at radius 3 is 2.62 bits per heavy atom. The minimum atomic E-state index is 0.00770. The lowest BCUT2D eigenvalue weighted by molar-refractivity contribution is 0.128. The summed E-state index contributed by atoms with van der Waals surface area (Å²) in [6.07, 6.45) is 4.48. The van der Waals surface area contributed by atoms with E-state index in [1.165, 1.54) is 5.56 Å². The van der Waals surface area contributed by atoms with Gasteiger partial charge >= 0.3 is 6.03 Å². The number of piperazine rings is 1. The van der Waals surface area contributed by atoms with Gasteiger partial charge in [-0.2, -0.15) is 5.10 Å². The number of aromatic nitrogens is 3. The first-order valence-corrected chi connectivity index (χ1v) is 9.94. The van der Waals surface area contributed by atoms with E-state index in [1.54, 1.807) is 6.20 Å². The van der Waals surface area contributed by atoms with E-state index in [1.807, 2.05) is 47.0 Å². The maximum atomic E-state index is 12.4. The highest BCUT2D eigenvalue weighted by Gasteiger charge is 2.21. The maximum absolute atomic E-state index is 12.4. The number of carbonyl (C=O) groups excluding carboxylic acids is 1. The molecule has 1 aromatic carbocycles. The third kappa shape index (κ3) is 5.03. The second kappa shape index (κ2) is 8.91. The quantitative estimate of drug-likeness (QED) is 0.694. The highest BCUT2D eigenvalue weighted by molar-refractivity contribution is 5.74. The smallest absolute Gasteiger partial charge is 0.317 e. The molecule has 8 nitrogen and oxygen atoms in total. The van der Waals surface area contributed by atoms with E-state index < -0.39 is 0 Å². The van der Waals surface area contributed by atoms with E-state index in [9.17, 15) is 4.79 Å². The summed E-state index contributed by atoms with van der Waals surface area (Å²) in [6.45, 7) is 6.39. The molecule has 1 fully saturated rings. The molecule has 152 valence electrons. The number of benzene rings is 1. The molecule has 0 atom stereocenters. The molecule has 2 aromatic heterocycles. The number of rotatable bonds is 6. The average Bonchev–Trinajstić information content (AvgIpc) is 3.41. The summed E-state index contributed by atoms with van der Waals surface area (Å²) < 4.78 is 7.10. The molecule has 1 aliphatic heterocycles. The first-order chi connectivity index (χ1) is 14.2. The van der Waals surface area contributed by atoms with Crippen LogP contribution in [-0.4, -0.2) is 63.5 Å². The number of hydrogen-bond donors (Lipinski definition) is 1. The number of aryl methyl sites for hydroxylation is 1. The molecule has 3 heterocycles. The van der Waals surface area contributed by atoms with Gasteiger partial charge in [-0.25, -0.2) is 9.48 Å². The summed E-state index contributed by atoms with van der Waals surface area (Å²) in [5.74, 6) is 0.874. The Labute approximate surface area is 170 Å². The van der Waals surface area contributed by atoms with Gasteiger partial charge in [0.1, 0.15) is 0 Å². The van der Waals surface area contributed by atoms with E-state index in [4.69, 9.17) is 4.52 Å². The molecule has 0 saturated carbocycles. The normalized spacial score (nSPS) is 14.9. The molecule has 2 amide bonds. The van der Waals surface area contributed by atoms with Gasteiger partial charge in [0.15, 0.2) is 5.76 Å². The van der Waals surface area contributed by atoms with Gasteiger partial charge in [-0.05, 0) is 37.1 Å². The van der Waals surface area contributed by atoms with Crippen molar-refractivity contribution in [2.45, 2.75) is 19.9 Å². The van der Waals surface area contributed by atoms with Crippen molar-refractivity contribution in [1.29, 1.82) is 0 Å². The monoisotopic (exact) mass is 394 g/mol. The zero-order valence-corrected chi connectivity index (χ0v) is 16.6. The Hall–Kier alpha value is -3.13. The number of carbonyl (C=O) groups is 1. The summed E-state index contributed by atoms with van der Waals surface area (Å²) in [5, 5.41) is 11.2. The van der Waals surface area contributed by atoms with Crippen molar-refractivity contribution in [2.24, 2.45) is 0 Å². The minimum Gasteiger partial charge on any atom is -0.360 e. The van der Waals surface area contributed by atoms with Crippen LogP contribution < -0.4 is 5.32 Å². The molecule has 1 N–H and O–H groups in total. The molecule has 29 heavy (non-hydrogen) atoms. The summed E-state index contributed by atoms with van der Waals surface area (Å²) in [7, 11) is 0. The third-order valence-electron chi connectivity index (χ3n) is 5.11. The van der Waals surface area contributed by atoms with Crippen LogP contribution in [0.15, 0.2) is 53.3 Å². The lowest BCUT2D eigenvalue weighted by atomic mass is 10.1. The average molecular weight is 394 g/mol. The molecule has 0 spiro atoms. The van der Waals surface area contributed by atoms with Crippen LogP contribution in [-0.2, 0) is 13.0 Å². The Morgan fingerprint density at radius 2 is 1.97 bits per heavy atom. The Kier molecular flexibility index (Phi) is 5.90. The highest BCUT2D eigenvalue weighted by atomic mass is 16.5. The van der Waals surface area contributed by atoms with Crippen LogP contribution in [0.1, 0.15) is 17.0 Å². The van der Waals surface area contributed by atoms with Crippen LogP contribution >= 0.6 is 0 Å². The van der Waals surface area contributed by atoms with Crippen molar-refractivity contribution < 1.29 is 9.32 Å². The number of urea groups is 1. The molecule has 4 rings (SSSR count). The van der Waals surface area contributed by atoms with Gasteiger partial charge in [0.05, 0.1) is 17.9 Å². The standard InChI is InChI=1S/C21H26N6O2/c1-17-15-20(29-24-17)16-25-11-13-26(14-12-25)21(28)22-9-7-18-3-5-19(6-4-18)27-10-2-8-23-27/h2-6,8,10,15H,7,9,11-14,16H2,1H3,(H,22,28). The predicted octanol–water partition coefficient (Wildman–Crippen LogP) is 2.24. The fraction of sp³-hybridized carbons (Fsp3) is 0.381. The van der Waals surface area contributed by atoms with Crippen LogP contribution in [0.25, 0.3) is 5.69 Å². The van der Waals surface area contributed by atoms with Crippen molar-refractivity contribution >= 4 is 6.03 Å². The largest absolute Gasteiger partial charge is 0.360 e. The van der Waals surface area contributed by atoms with Crippen molar-refractivity contribution in [3.05, 3.63) is 65.8 Å². The van der Waals surface area contributed by atoms with Crippen LogP contribution in [0, 0.1) is 6.92 Å². The Bertz CT molecular complexity index is 911. The number of hydrogen-bond acceptors (Lipinski definition) is 5. The highest BCUT2D eigenvalue weighted by Crippen LogP contribution is 2.11.